The van der Waals surface area contributed by atoms with E-state index in [9.17, 15) is 14.4 Å². The molecule has 0 aromatic heterocycles. The lowest BCUT2D eigenvalue weighted by atomic mass is 9.75. The van der Waals surface area contributed by atoms with E-state index >= 15 is 0 Å². The average molecular weight is 557 g/mol. The van der Waals surface area contributed by atoms with Gasteiger partial charge in [-0.25, -0.2) is 14.4 Å². The number of hydrogen-bond donors (Lipinski definition) is 0. The van der Waals surface area contributed by atoms with E-state index in [0.29, 0.717) is 46.1 Å². The van der Waals surface area contributed by atoms with Gasteiger partial charge in [-0.2, -0.15) is 0 Å². The van der Waals surface area contributed by atoms with Gasteiger partial charge in [0.2, 0.25) is 0 Å². The van der Waals surface area contributed by atoms with E-state index in [1.54, 1.807) is 86.0 Å². The summed E-state index contributed by atoms with van der Waals surface area (Å²) >= 11 is 0. The van der Waals surface area contributed by atoms with Gasteiger partial charge < -0.3 is 18.9 Å². The highest BCUT2D eigenvalue weighted by atomic mass is 16.5. The maximum atomic E-state index is 12.8. The number of esters is 3. The van der Waals surface area contributed by atoms with Gasteiger partial charge in [0, 0.05) is 6.08 Å². The topological polar surface area (TPSA) is 88.1 Å². The molecule has 214 valence electrons. The molecule has 4 rings (SSSR count). The molecule has 7 heteroatoms. The fraction of sp³-hybridized carbons (Fsp3) is 0.324. The largest absolute Gasteiger partial charge is 0.497 e. The molecular weight excluding hydrogens is 520 g/mol. The average Bonchev–Trinajstić information content (AvgIpc) is 2.97. The van der Waals surface area contributed by atoms with Crippen molar-refractivity contribution in [3.63, 3.8) is 0 Å². The van der Waals surface area contributed by atoms with Gasteiger partial charge in [-0.05, 0) is 103 Å². The van der Waals surface area contributed by atoms with Crippen LogP contribution in [0.1, 0.15) is 66.3 Å². The van der Waals surface area contributed by atoms with Gasteiger partial charge in [-0.15, -0.1) is 0 Å². The summed E-state index contributed by atoms with van der Waals surface area (Å²) in [6.45, 7) is 6.55. The Balaban J connectivity index is 1.27. The van der Waals surface area contributed by atoms with Crippen LogP contribution >= 0.6 is 0 Å². The van der Waals surface area contributed by atoms with Crippen LogP contribution in [0.5, 0.6) is 17.2 Å². The zero-order valence-electron chi connectivity index (χ0n) is 23.9. The molecule has 1 aliphatic rings. The molecule has 0 bridgehead atoms. The monoisotopic (exact) mass is 556 g/mol. The SMILES string of the molecule is COc1ccc(C(=O)Oc2ccc(/C=C/C(=O)Oc3ccc(C(=O)OC4CC(C)CCC4C(C)C)cc3)cc2)cc1. The molecule has 0 radical (unpaired) electrons. The minimum absolute atomic E-state index is 0.0801. The van der Waals surface area contributed by atoms with Crippen molar-refractivity contribution in [1.29, 1.82) is 0 Å². The van der Waals surface area contributed by atoms with Crippen LogP contribution in [0.3, 0.4) is 0 Å². The number of carbonyl (C=O) groups is 3. The maximum Gasteiger partial charge on any atom is 0.343 e. The molecule has 0 spiro atoms. The molecule has 41 heavy (non-hydrogen) atoms. The van der Waals surface area contributed by atoms with E-state index in [1.807, 2.05) is 0 Å². The Labute approximate surface area is 241 Å². The minimum atomic E-state index is -0.564. The highest BCUT2D eigenvalue weighted by Crippen LogP contribution is 2.35. The smallest absolute Gasteiger partial charge is 0.343 e. The summed E-state index contributed by atoms with van der Waals surface area (Å²) in [5.74, 6) is 1.31. The number of carbonyl (C=O) groups excluding carboxylic acids is 3. The van der Waals surface area contributed by atoms with E-state index < -0.39 is 11.9 Å². The van der Waals surface area contributed by atoms with Crippen molar-refractivity contribution >= 4 is 24.0 Å². The van der Waals surface area contributed by atoms with Gasteiger partial charge in [-0.3, -0.25) is 0 Å². The summed E-state index contributed by atoms with van der Waals surface area (Å²) in [6.07, 6.45) is 5.94. The molecule has 0 amide bonds. The van der Waals surface area contributed by atoms with Crippen LogP contribution < -0.4 is 14.2 Å². The first-order valence-corrected chi connectivity index (χ1v) is 13.9. The number of methoxy groups -OCH3 is 1. The van der Waals surface area contributed by atoms with Crippen LogP contribution in [0.2, 0.25) is 0 Å². The first-order valence-electron chi connectivity index (χ1n) is 13.9. The second-order valence-corrected chi connectivity index (χ2v) is 10.7. The Kier molecular flexibility index (Phi) is 9.95. The van der Waals surface area contributed by atoms with Crippen molar-refractivity contribution in [3.8, 4) is 17.2 Å². The van der Waals surface area contributed by atoms with Crippen LogP contribution in [0.4, 0.5) is 0 Å². The summed E-state index contributed by atoms with van der Waals surface area (Å²) in [7, 11) is 1.56. The third-order valence-corrected chi connectivity index (χ3v) is 7.36. The van der Waals surface area contributed by atoms with Crippen LogP contribution in [0.25, 0.3) is 6.08 Å². The fourth-order valence-electron chi connectivity index (χ4n) is 4.97. The first kappa shape index (κ1) is 29.6. The van der Waals surface area contributed by atoms with Gasteiger partial charge in [0.05, 0.1) is 18.2 Å². The molecule has 3 aromatic rings. The van der Waals surface area contributed by atoms with Crippen molar-refractivity contribution in [3.05, 3.63) is 95.6 Å². The predicted molar refractivity (Wildman–Crippen MR) is 156 cm³/mol. The van der Waals surface area contributed by atoms with Gasteiger partial charge >= 0.3 is 17.9 Å². The van der Waals surface area contributed by atoms with E-state index in [2.05, 4.69) is 20.8 Å². The number of hydrogen-bond acceptors (Lipinski definition) is 7. The lowest BCUT2D eigenvalue weighted by molar-refractivity contribution is -0.128. The van der Waals surface area contributed by atoms with Crippen LogP contribution in [-0.2, 0) is 9.53 Å². The zero-order valence-corrected chi connectivity index (χ0v) is 23.9. The van der Waals surface area contributed by atoms with Crippen molar-refractivity contribution < 1.29 is 33.3 Å². The zero-order chi connectivity index (χ0) is 29.4. The Morgan fingerprint density at radius 3 is 1.93 bits per heavy atom. The number of rotatable bonds is 9. The summed E-state index contributed by atoms with van der Waals surface area (Å²) in [6, 6.07) is 19.7. The molecule has 0 N–H and O–H groups in total. The van der Waals surface area contributed by atoms with Gasteiger partial charge in [-0.1, -0.05) is 39.3 Å². The van der Waals surface area contributed by atoms with E-state index in [1.165, 1.54) is 6.08 Å². The molecule has 1 fully saturated rings. The second kappa shape index (κ2) is 13.8. The predicted octanol–water partition coefficient (Wildman–Crippen LogP) is 7.15. The molecule has 0 saturated heterocycles. The molecule has 0 heterocycles. The number of benzene rings is 3. The molecule has 1 saturated carbocycles. The van der Waals surface area contributed by atoms with E-state index in [-0.39, 0.29) is 12.1 Å². The van der Waals surface area contributed by atoms with Gasteiger partial charge in [0.25, 0.3) is 0 Å². The Hall–Kier alpha value is -4.39. The molecule has 3 unspecified atom stereocenters. The Morgan fingerprint density at radius 1 is 0.756 bits per heavy atom. The Bertz CT molecular complexity index is 1360. The quantitative estimate of drug-likeness (QED) is 0.157. The lowest BCUT2D eigenvalue weighted by Gasteiger charge is -2.36. The molecule has 0 aliphatic heterocycles. The summed E-state index contributed by atoms with van der Waals surface area (Å²) in [4.78, 5) is 37.4. The third kappa shape index (κ3) is 8.30. The highest BCUT2D eigenvalue weighted by molar-refractivity contribution is 5.92. The Morgan fingerprint density at radius 2 is 1.32 bits per heavy atom. The molecule has 1 aliphatic carbocycles. The third-order valence-electron chi connectivity index (χ3n) is 7.36. The summed E-state index contributed by atoms with van der Waals surface area (Å²) < 4.78 is 21.8. The van der Waals surface area contributed by atoms with Gasteiger partial charge in [0.1, 0.15) is 23.4 Å². The second-order valence-electron chi connectivity index (χ2n) is 10.7. The first-order chi connectivity index (χ1) is 19.7. The highest BCUT2D eigenvalue weighted by Gasteiger charge is 2.33. The van der Waals surface area contributed by atoms with Crippen molar-refractivity contribution in [1.82, 2.24) is 0 Å². The molecular formula is C34H36O7. The van der Waals surface area contributed by atoms with Gasteiger partial charge in [0.15, 0.2) is 0 Å². The maximum absolute atomic E-state index is 12.8. The van der Waals surface area contributed by atoms with Crippen molar-refractivity contribution in [2.45, 2.75) is 46.1 Å². The minimum Gasteiger partial charge on any atom is -0.497 e. The summed E-state index contributed by atoms with van der Waals surface area (Å²) in [5, 5.41) is 0. The van der Waals surface area contributed by atoms with Crippen LogP contribution in [0.15, 0.2) is 78.9 Å². The van der Waals surface area contributed by atoms with Crippen LogP contribution in [-0.4, -0.2) is 31.1 Å². The number of ether oxygens (including phenoxy) is 4. The summed E-state index contributed by atoms with van der Waals surface area (Å²) in [5.41, 5.74) is 1.55. The standard InChI is InChI=1S/C34H36O7/c1-22(2)30-19-5-23(3)21-31(30)41-34(37)26-11-17-28(18-12-26)39-32(35)20-8-24-6-13-29(14-7-24)40-33(36)25-9-15-27(38-4)16-10-25/h6-18,20,22-23,30-31H,5,19,21H2,1-4H3/b20-8+. The lowest BCUT2D eigenvalue weighted by Crippen LogP contribution is -2.35. The van der Waals surface area contributed by atoms with E-state index in [4.69, 9.17) is 18.9 Å². The molecule has 3 aromatic carbocycles. The molecule has 7 nitrogen and oxygen atoms in total. The fourth-order valence-corrected chi connectivity index (χ4v) is 4.97. The normalized spacial score (nSPS) is 18.6. The van der Waals surface area contributed by atoms with Crippen LogP contribution in [0, 0.1) is 17.8 Å². The molecule has 3 atom stereocenters. The van der Waals surface area contributed by atoms with E-state index in [0.717, 1.165) is 24.8 Å². The van der Waals surface area contributed by atoms with Crippen molar-refractivity contribution in [2.24, 2.45) is 17.8 Å². The van der Waals surface area contributed by atoms with Crippen molar-refractivity contribution in [2.75, 3.05) is 7.11 Å².